The largest absolute Gasteiger partial charge is 0.347 e. The van der Waals surface area contributed by atoms with Gasteiger partial charge in [0.2, 0.25) is 0 Å². The number of carbonyl (C=O) groups excluding carboxylic acids is 2. The van der Waals surface area contributed by atoms with Gasteiger partial charge in [-0.25, -0.2) is 14.4 Å². The van der Waals surface area contributed by atoms with Crippen LogP contribution in [0.1, 0.15) is 50.1 Å². The summed E-state index contributed by atoms with van der Waals surface area (Å²) in [5, 5.41) is 15.6. The van der Waals surface area contributed by atoms with Crippen molar-refractivity contribution < 1.29 is 20.8 Å². The summed E-state index contributed by atoms with van der Waals surface area (Å²) in [7, 11) is 1.50. The molecule has 0 saturated heterocycles. The number of hydrogen-bond donors (Lipinski definition) is 3. The normalized spacial score (nSPS) is 14.0. The second kappa shape index (κ2) is 11.9. The average Bonchev–Trinajstić information content (AvgIpc) is 2.89. The van der Waals surface area contributed by atoms with Crippen molar-refractivity contribution in [1.82, 2.24) is 26.1 Å². The van der Waals surface area contributed by atoms with E-state index < -0.39 is 36.5 Å². The average molecular weight is 468 g/mol. The summed E-state index contributed by atoms with van der Waals surface area (Å²) in [5.74, 6) is -2.62. The van der Waals surface area contributed by atoms with Crippen LogP contribution < -0.4 is 16.2 Å². The van der Waals surface area contributed by atoms with E-state index >= 15 is 0 Å². The lowest BCUT2D eigenvalue weighted by Crippen LogP contribution is -2.27. The van der Waals surface area contributed by atoms with Crippen molar-refractivity contribution in [2.75, 3.05) is 7.05 Å². The third kappa shape index (κ3) is 6.99. The molecule has 0 fully saturated rings. The summed E-state index contributed by atoms with van der Waals surface area (Å²) in [6.07, 6.45) is 2.51. The maximum atomic E-state index is 13.9. The van der Waals surface area contributed by atoms with Gasteiger partial charge in [0.05, 0.1) is 16.0 Å². The summed E-state index contributed by atoms with van der Waals surface area (Å²) in [6.45, 7) is -5.24. The molecule has 0 unspecified atom stereocenters. The van der Waals surface area contributed by atoms with Crippen molar-refractivity contribution in [3.63, 3.8) is 0 Å². The molecule has 174 valence electrons. The standard InChI is InChI=1S/C23H23FN8O2/c1-15-9-18(7-8-19(15)24)12-27-23(34)21-10-20(28-14-29-21)22(33)26-11-16-3-5-17(6-4-16)13-30-32-31-25-2/h3-10,13-14H,11-12H2,1-2H3,(H,25,32)(H,26,33)(H,27,34)/b30-13+/i1D3,12D2. The Bertz CT molecular complexity index is 1400. The Kier molecular flexibility index (Phi) is 6.28. The minimum Gasteiger partial charge on any atom is -0.347 e. The van der Waals surface area contributed by atoms with Crippen LogP contribution in [0.15, 0.2) is 70.3 Å². The highest BCUT2D eigenvalue weighted by Crippen LogP contribution is 2.09. The van der Waals surface area contributed by atoms with Gasteiger partial charge in [-0.3, -0.25) is 9.59 Å². The minimum atomic E-state index is -2.81. The van der Waals surface area contributed by atoms with Gasteiger partial charge in [0.25, 0.3) is 11.8 Å². The number of amides is 2. The molecule has 0 radical (unpaired) electrons. The van der Waals surface area contributed by atoms with E-state index in [-0.39, 0.29) is 23.5 Å². The number of aryl methyl sites for hydroxylation is 1. The van der Waals surface area contributed by atoms with Gasteiger partial charge in [0.1, 0.15) is 23.5 Å². The van der Waals surface area contributed by atoms with Crippen LogP contribution in [0, 0.1) is 12.7 Å². The zero-order valence-corrected chi connectivity index (χ0v) is 17.9. The van der Waals surface area contributed by atoms with Gasteiger partial charge < -0.3 is 10.6 Å². The molecule has 3 N–H and O–H groups in total. The number of hydrazone groups is 1. The molecule has 0 bridgehead atoms. The third-order valence-electron chi connectivity index (χ3n) is 4.27. The fourth-order valence-corrected chi connectivity index (χ4v) is 2.57. The monoisotopic (exact) mass is 467 g/mol. The summed E-state index contributed by atoms with van der Waals surface area (Å²) < 4.78 is 52.5. The smallest absolute Gasteiger partial charge is 0.270 e. The number of benzene rings is 2. The highest BCUT2D eigenvalue weighted by atomic mass is 19.1. The van der Waals surface area contributed by atoms with Crippen LogP contribution in [0.4, 0.5) is 4.39 Å². The predicted molar refractivity (Wildman–Crippen MR) is 123 cm³/mol. The van der Waals surface area contributed by atoms with Crippen LogP contribution >= 0.6 is 0 Å². The molecule has 2 aromatic carbocycles. The first-order valence-corrected chi connectivity index (χ1v) is 9.80. The van der Waals surface area contributed by atoms with E-state index in [0.29, 0.717) is 0 Å². The van der Waals surface area contributed by atoms with E-state index in [1.54, 1.807) is 24.3 Å². The van der Waals surface area contributed by atoms with Gasteiger partial charge in [-0.2, -0.15) is 15.8 Å². The Labute approximate surface area is 202 Å². The molecule has 1 heterocycles. The molecule has 1 aromatic heterocycles. The molecule has 0 saturated carbocycles. The van der Waals surface area contributed by atoms with E-state index in [2.05, 4.69) is 41.6 Å². The first-order valence-electron chi connectivity index (χ1n) is 12.3. The second-order valence-electron chi connectivity index (χ2n) is 6.64. The second-order valence-corrected chi connectivity index (χ2v) is 6.64. The molecule has 0 aliphatic carbocycles. The van der Waals surface area contributed by atoms with Gasteiger partial charge in [-0.05, 0) is 35.2 Å². The molecule has 34 heavy (non-hydrogen) atoms. The number of halogens is 1. The van der Waals surface area contributed by atoms with Crippen LogP contribution in [0.2, 0.25) is 0 Å². The van der Waals surface area contributed by atoms with E-state index in [4.69, 9.17) is 6.85 Å². The van der Waals surface area contributed by atoms with Gasteiger partial charge in [-0.1, -0.05) is 41.6 Å². The molecule has 0 spiro atoms. The maximum Gasteiger partial charge on any atom is 0.270 e. The predicted octanol–water partition coefficient (Wildman–Crippen LogP) is 2.70. The van der Waals surface area contributed by atoms with E-state index in [1.165, 1.54) is 13.3 Å². The molecule has 3 rings (SSSR count). The number of rotatable bonds is 9. The summed E-state index contributed by atoms with van der Waals surface area (Å²) in [6, 6.07) is 10.9. The SMILES string of the molecule is [2H]C([2H])([2H])c1cc(C([2H])([2H])NC(=O)c2cc(C(=O)NCc3ccc(/C=N/NN=NC)cc3)ncn2)ccc1F. The summed E-state index contributed by atoms with van der Waals surface area (Å²) in [5.41, 5.74) is 2.52. The quantitative estimate of drug-likeness (QED) is 0.253. The molecule has 2 amide bonds. The fourth-order valence-electron chi connectivity index (χ4n) is 2.57. The van der Waals surface area contributed by atoms with Crippen molar-refractivity contribution in [1.29, 1.82) is 0 Å². The number of nitrogens with one attached hydrogen (secondary N) is 3. The zero-order chi connectivity index (χ0) is 28.6. The van der Waals surface area contributed by atoms with Gasteiger partial charge in [0, 0.05) is 23.2 Å². The molecular weight excluding hydrogens is 439 g/mol. The topological polar surface area (TPSA) is 133 Å². The van der Waals surface area contributed by atoms with Crippen LogP contribution in [0.3, 0.4) is 0 Å². The van der Waals surface area contributed by atoms with E-state index in [0.717, 1.165) is 41.7 Å². The molecule has 0 atom stereocenters. The van der Waals surface area contributed by atoms with Crippen LogP contribution in [0.5, 0.6) is 0 Å². The Balaban J connectivity index is 1.65. The Morgan fingerprint density at radius 3 is 2.47 bits per heavy atom. The highest BCUT2D eigenvalue weighted by Gasteiger charge is 2.13. The first kappa shape index (κ1) is 18.0. The maximum absolute atomic E-state index is 13.9. The van der Waals surface area contributed by atoms with Crippen molar-refractivity contribution in [2.45, 2.75) is 19.9 Å². The third-order valence-corrected chi connectivity index (χ3v) is 4.27. The Hall–Kier alpha value is -4.54. The van der Waals surface area contributed by atoms with Crippen molar-refractivity contribution >= 4 is 18.0 Å². The molecular formula is C23H23FN8O2. The molecule has 0 aliphatic rings. The van der Waals surface area contributed by atoms with Crippen molar-refractivity contribution in [3.05, 3.63) is 94.3 Å². The van der Waals surface area contributed by atoms with E-state index in [9.17, 15) is 14.0 Å². The number of carbonyl (C=O) groups is 2. The van der Waals surface area contributed by atoms with Crippen LogP contribution in [-0.2, 0) is 13.0 Å². The summed E-state index contributed by atoms with van der Waals surface area (Å²) in [4.78, 5) is 32.9. The number of nitrogens with zero attached hydrogens (tertiary/aromatic N) is 5. The van der Waals surface area contributed by atoms with Gasteiger partial charge in [0.15, 0.2) is 0 Å². The minimum absolute atomic E-state index is 0.137. The van der Waals surface area contributed by atoms with E-state index in [1.807, 2.05) is 0 Å². The van der Waals surface area contributed by atoms with Gasteiger partial charge in [-0.15, -0.1) is 0 Å². The Morgan fingerprint density at radius 2 is 1.76 bits per heavy atom. The molecule has 3 aromatic rings. The highest BCUT2D eigenvalue weighted by molar-refractivity contribution is 5.97. The first-order chi connectivity index (χ1) is 18.4. The molecule has 11 heteroatoms. The van der Waals surface area contributed by atoms with Crippen LogP contribution in [-0.4, -0.2) is 35.0 Å². The molecule has 0 aliphatic heterocycles. The molecule has 10 nitrogen and oxygen atoms in total. The lowest BCUT2D eigenvalue weighted by atomic mass is 10.1. The van der Waals surface area contributed by atoms with Crippen molar-refractivity contribution in [3.8, 4) is 0 Å². The lowest BCUT2D eigenvalue weighted by molar-refractivity contribution is 0.0944. The summed E-state index contributed by atoms with van der Waals surface area (Å²) >= 11 is 0. The number of aromatic nitrogens is 2. The van der Waals surface area contributed by atoms with Gasteiger partial charge >= 0.3 is 0 Å². The fraction of sp³-hybridized carbons (Fsp3) is 0.174. The Morgan fingerprint density at radius 1 is 1.06 bits per heavy atom. The van der Waals surface area contributed by atoms with Crippen molar-refractivity contribution in [2.24, 2.45) is 15.4 Å². The number of hydrogen-bond acceptors (Lipinski definition) is 7. The van der Waals surface area contributed by atoms with Crippen LogP contribution in [0.25, 0.3) is 0 Å². The zero-order valence-electron chi connectivity index (χ0n) is 22.9. The lowest BCUT2D eigenvalue weighted by Gasteiger charge is -2.08.